The Morgan fingerprint density at radius 3 is 2.44 bits per heavy atom. The molecule has 0 atom stereocenters. The largest absolute Gasteiger partial charge is 0.367 e. The summed E-state index contributed by atoms with van der Waals surface area (Å²) in [5.41, 5.74) is 0.897. The van der Waals surface area contributed by atoms with Crippen molar-refractivity contribution in [3.63, 3.8) is 0 Å². The number of hydrogen-bond acceptors (Lipinski definition) is 4. The summed E-state index contributed by atoms with van der Waals surface area (Å²) in [5, 5.41) is 6.89. The van der Waals surface area contributed by atoms with Crippen LogP contribution in [-0.4, -0.2) is 16.0 Å². The number of rotatable bonds is 4. The third-order valence-corrected chi connectivity index (χ3v) is 4.78. The van der Waals surface area contributed by atoms with E-state index in [9.17, 15) is 13.2 Å². The average molecular weight is 372 g/mol. The number of nitrogens with one attached hydrogen (secondary N) is 2. The Morgan fingerprint density at radius 1 is 0.852 bits per heavy atom. The van der Waals surface area contributed by atoms with Gasteiger partial charge in [-0.15, -0.1) is 0 Å². The number of halogens is 3. The topological polar surface area (TPSA) is 49.8 Å². The molecule has 1 saturated carbocycles. The van der Waals surface area contributed by atoms with Crippen LogP contribution in [0.4, 0.5) is 30.6 Å². The summed E-state index contributed by atoms with van der Waals surface area (Å²) >= 11 is 0. The van der Waals surface area contributed by atoms with E-state index in [2.05, 4.69) is 20.6 Å². The molecular formula is C20H19F3N4. The lowest BCUT2D eigenvalue weighted by Crippen LogP contribution is -2.23. The van der Waals surface area contributed by atoms with Crippen molar-refractivity contribution in [2.24, 2.45) is 0 Å². The van der Waals surface area contributed by atoms with E-state index in [1.54, 1.807) is 6.07 Å². The maximum Gasteiger partial charge on any atom is 0.229 e. The second-order valence-electron chi connectivity index (χ2n) is 6.79. The van der Waals surface area contributed by atoms with E-state index >= 15 is 0 Å². The fraction of sp³-hybridized carbons (Fsp3) is 0.300. The predicted octanol–water partition coefficient (Wildman–Crippen LogP) is 5.54. The molecule has 3 aromatic rings. The maximum atomic E-state index is 13.7. The Kier molecular flexibility index (Phi) is 4.83. The van der Waals surface area contributed by atoms with Crippen molar-refractivity contribution in [1.29, 1.82) is 0 Å². The Balaban J connectivity index is 1.70. The highest BCUT2D eigenvalue weighted by atomic mass is 19.2. The molecule has 1 fully saturated rings. The van der Waals surface area contributed by atoms with Crippen molar-refractivity contribution in [2.75, 3.05) is 10.6 Å². The van der Waals surface area contributed by atoms with Crippen molar-refractivity contribution < 1.29 is 13.2 Å². The van der Waals surface area contributed by atoms with Crippen LogP contribution in [0.3, 0.4) is 0 Å². The lowest BCUT2D eigenvalue weighted by molar-refractivity contribution is 0.462. The Labute approximate surface area is 154 Å². The van der Waals surface area contributed by atoms with Crippen LogP contribution in [0, 0.1) is 17.5 Å². The third kappa shape index (κ3) is 3.97. The van der Waals surface area contributed by atoms with E-state index in [4.69, 9.17) is 0 Å². The molecule has 7 heteroatoms. The number of fused-ring (bicyclic) bond motifs is 1. The van der Waals surface area contributed by atoms with Gasteiger partial charge in [-0.3, -0.25) is 0 Å². The summed E-state index contributed by atoms with van der Waals surface area (Å²) < 4.78 is 40.3. The monoisotopic (exact) mass is 372 g/mol. The van der Waals surface area contributed by atoms with Crippen molar-refractivity contribution in [3.8, 4) is 0 Å². The maximum absolute atomic E-state index is 13.7. The number of nitrogens with zero attached hydrogens (tertiary/aromatic N) is 2. The van der Waals surface area contributed by atoms with Crippen molar-refractivity contribution in [1.82, 2.24) is 9.97 Å². The molecule has 1 aliphatic carbocycles. The highest BCUT2D eigenvalue weighted by Gasteiger charge is 2.17. The molecule has 4 rings (SSSR count). The second-order valence-corrected chi connectivity index (χ2v) is 6.79. The minimum atomic E-state index is -0.955. The number of anilines is 3. The Morgan fingerprint density at radius 2 is 1.67 bits per heavy atom. The molecule has 0 bridgehead atoms. The predicted molar refractivity (Wildman–Crippen MR) is 99.6 cm³/mol. The Hall–Kier alpha value is -2.83. The zero-order valence-electron chi connectivity index (χ0n) is 14.6. The van der Waals surface area contributed by atoms with Crippen LogP contribution in [0.5, 0.6) is 0 Å². The molecule has 4 nitrogen and oxygen atoms in total. The fourth-order valence-electron chi connectivity index (χ4n) is 3.41. The van der Waals surface area contributed by atoms with Gasteiger partial charge in [0.25, 0.3) is 0 Å². The van der Waals surface area contributed by atoms with E-state index in [1.807, 2.05) is 0 Å². The number of aromatic nitrogens is 2. The Bertz CT molecular complexity index is 971. The van der Waals surface area contributed by atoms with E-state index in [-0.39, 0.29) is 17.8 Å². The zero-order chi connectivity index (χ0) is 18.8. The summed E-state index contributed by atoms with van der Waals surface area (Å²) in [6.07, 6.45) is 5.59. The quantitative estimate of drug-likeness (QED) is 0.632. The van der Waals surface area contributed by atoms with Gasteiger partial charge in [0.1, 0.15) is 11.6 Å². The summed E-state index contributed by atoms with van der Waals surface area (Å²) in [5.74, 6) is -1.47. The van der Waals surface area contributed by atoms with Crippen LogP contribution in [0.2, 0.25) is 0 Å². The van der Waals surface area contributed by atoms with E-state index < -0.39 is 11.6 Å². The lowest BCUT2D eigenvalue weighted by atomic mass is 9.95. The lowest BCUT2D eigenvalue weighted by Gasteiger charge is -2.24. The first-order valence-electron chi connectivity index (χ1n) is 9.04. The van der Waals surface area contributed by atoms with Gasteiger partial charge < -0.3 is 10.6 Å². The molecule has 0 spiro atoms. The number of hydrogen-bond donors (Lipinski definition) is 2. The summed E-state index contributed by atoms with van der Waals surface area (Å²) in [6.45, 7) is 0. The first kappa shape index (κ1) is 17.6. The molecule has 2 aromatic carbocycles. The molecule has 27 heavy (non-hydrogen) atoms. The molecule has 0 saturated heterocycles. The van der Waals surface area contributed by atoms with Gasteiger partial charge in [0.05, 0.1) is 5.52 Å². The van der Waals surface area contributed by atoms with Crippen molar-refractivity contribution in [3.05, 3.63) is 53.8 Å². The van der Waals surface area contributed by atoms with Gasteiger partial charge in [-0.05, 0) is 43.2 Å². The molecule has 140 valence electrons. The standard InChI is InChI=1S/C20H19F3N4/c21-12-6-9-18-15(10-12)19(24-13-4-2-1-3-5-13)27-20(26-18)25-14-7-8-16(22)17(23)11-14/h6-11,13H,1-5H2,(H2,24,25,26,27). The molecule has 0 aliphatic heterocycles. The molecule has 0 unspecified atom stereocenters. The molecular weight excluding hydrogens is 353 g/mol. The summed E-state index contributed by atoms with van der Waals surface area (Å²) in [7, 11) is 0. The SMILES string of the molecule is Fc1ccc2nc(Nc3ccc(F)c(F)c3)nc(NC3CCCCC3)c2c1. The first-order chi connectivity index (χ1) is 13.1. The highest BCUT2D eigenvalue weighted by Crippen LogP contribution is 2.28. The van der Waals surface area contributed by atoms with Gasteiger partial charge in [-0.2, -0.15) is 4.98 Å². The average Bonchev–Trinajstić information content (AvgIpc) is 2.66. The van der Waals surface area contributed by atoms with Gasteiger partial charge in [0.2, 0.25) is 5.95 Å². The molecule has 2 N–H and O–H groups in total. The van der Waals surface area contributed by atoms with Gasteiger partial charge >= 0.3 is 0 Å². The van der Waals surface area contributed by atoms with Crippen LogP contribution in [0.1, 0.15) is 32.1 Å². The summed E-state index contributed by atoms with van der Waals surface area (Å²) in [6, 6.07) is 8.08. The van der Waals surface area contributed by atoms with E-state index in [0.29, 0.717) is 22.4 Å². The molecule has 1 aromatic heterocycles. The summed E-state index contributed by atoms with van der Waals surface area (Å²) in [4.78, 5) is 8.84. The van der Waals surface area contributed by atoms with Gasteiger partial charge in [0.15, 0.2) is 11.6 Å². The minimum absolute atomic E-state index is 0.235. The van der Waals surface area contributed by atoms with Crippen molar-refractivity contribution >= 4 is 28.4 Å². The van der Waals surface area contributed by atoms with Gasteiger partial charge in [-0.1, -0.05) is 19.3 Å². The van der Waals surface area contributed by atoms with E-state index in [0.717, 1.165) is 37.8 Å². The normalized spacial score (nSPS) is 15.1. The van der Waals surface area contributed by atoms with Gasteiger partial charge in [-0.25, -0.2) is 18.2 Å². The second kappa shape index (κ2) is 7.42. The smallest absolute Gasteiger partial charge is 0.229 e. The van der Waals surface area contributed by atoms with Crippen molar-refractivity contribution in [2.45, 2.75) is 38.1 Å². The van der Waals surface area contributed by atoms with E-state index in [1.165, 1.54) is 24.6 Å². The van der Waals surface area contributed by atoms with Crippen LogP contribution in [0.25, 0.3) is 10.9 Å². The molecule has 1 aliphatic rings. The third-order valence-electron chi connectivity index (χ3n) is 4.78. The first-order valence-corrected chi connectivity index (χ1v) is 9.04. The highest BCUT2D eigenvalue weighted by molar-refractivity contribution is 5.90. The molecule has 0 amide bonds. The van der Waals surface area contributed by atoms with Crippen LogP contribution >= 0.6 is 0 Å². The van der Waals surface area contributed by atoms with Crippen LogP contribution < -0.4 is 10.6 Å². The molecule has 1 heterocycles. The minimum Gasteiger partial charge on any atom is -0.367 e. The van der Waals surface area contributed by atoms with Crippen LogP contribution in [-0.2, 0) is 0 Å². The van der Waals surface area contributed by atoms with Crippen LogP contribution in [0.15, 0.2) is 36.4 Å². The molecule has 0 radical (unpaired) electrons. The zero-order valence-corrected chi connectivity index (χ0v) is 14.6. The number of benzene rings is 2. The van der Waals surface area contributed by atoms with Gasteiger partial charge in [0, 0.05) is 23.2 Å². The fourth-order valence-corrected chi connectivity index (χ4v) is 3.41.